The van der Waals surface area contributed by atoms with Gasteiger partial charge in [-0.05, 0) is 30.3 Å². The third-order valence-electron chi connectivity index (χ3n) is 4.92. The molecule has 2 aromatic heterocycles. The molecule has 0 spiro atoms. The summed E-state index contributed by atoms with van der Waals surface area (Å²) in [5.74, 6) is 0.140. The number of rotatable bonds is 5. The van der Waals surface area contributed by atoms with Crippen molar-refractivity contribution in [2.75, 3.05) is 17.2 Å². The topological polar surface area (TPSA) is 126 Å². The van der Waals surface area contributed by atoms with Crippen molar-refractivity contribution >= 4 is 45.0 Å². The molecule has 0 unspecified atom stereocenters. The van der Waals surface area contributed by atoms with E-state index in [0.29, 0.717) is 39.0 Å². The van der Waals surface area contributed by atoms with Crippen LogP contribution in [0.3, 0.4) is 0 Å². The Balaban J connectivity index is 1.25. The lowest BCUT2D eigenvalue weighted by Gasteiger charge is -2.18. The molecule has 0 saturated heterocycles. The lowest BCUT2D eigenvalue weighted by Crippen LogP contribution is -2.25. The van der Waals surface area contributed by atoms with E-state index >= 15 is 0 Å². The Hall–Kier alpha value is -4.05. The Kier molecular flexibility index (Phi) is 5.12. The SMILES string of the molecule is O=C(CCc1nc2ccccc2[nH]c1=O)Nc1nc(-c2ccc3c(c2)NC(=O)CO3)cs1. The van der Waals surface area contributed by atoms with Crippen molar-refractivity contribution in [1.29, 1.82) is 0 Å². The van der Waals surface area contributed by atoms with Crippen LogP contribution >= 0.6 is 11.3 Å². The summed E-state index contributed by atoms with van der Waals surface area (Å²) in [6.07, 6.45) is 0.320. The first-order chi connectivity index (χ1) is 15.5. The van der Waals surface area contributed by atoms with Gasteiger partial charge in [0, 0.05) is 23.8 Å². The Morgan fingerprint density at radius 1 is 1.16 bits per heavy atom. The number of anilines is 2. The second-order valence-electron chi connectivity index (χ2n) is 7.16. The van der Waals surface area contributed by atoms with Crippen LogP contribution in [0, 0.1) is 0 Å². The number of ether oxygens (including phenoxy) is 1. The van der Waals surface area contributed by atoms with E-state index in [1.165, 1.54) is 11.3 Å². The van der Waals surface area contributed by atoms with Crippen LogP contribution in [0.1, 0.15) is 12.1 Å². The molecule has 160 valence electrons. The van der Waals surface area contributed by atoms with Gasteiger partial charge >= 0.3 is 0 Å². The molecule has 10 heteroatoms. The third kappa shape index (κ3) is 4.08. The Morgan fingerprint density at radius 2 is 2.03 bits per heavy atom. The molecule has 3 N–H and O–H groups in total. The van der Waals surface area contributed by atoms with E-state index in [2.05, 4.69) is 25.6 Å². The van der Waals surface area contributed by atoms with E-state index in [1.807, 2.05) is 29.6 Å². The molecule has 2 aromatic carbocycles. The second-order valence-corrected chi connectivity index (χ2v) is 8.02. The zero-order valence-electron chi connectivity index (χ0n) is 16.7. The number of aryl methyl sites for hydroxylation is 1. The van der Waals surface area contributed by atoms with E-state index in [-0.39, 0.29) is 36.8 Å². The van der Waals surface area contributed by atoms with Crippen LogP contribution in [0.2, 0.25) is 0 Å². The van der Waals surface area contributed by atoms with Crippen LogP contribution in [-0.2, 0) is 16.0 Å². The van der Waals surface area contributed by atoms with Crippen molar-refractivity contribution in [3.8, 4) is 17.0 Å². The van der Waals surface area contributed by atoms with E-state index < -0.39 is 0 Å². The van der Waals surface area contributed by atoms with Crippen LogP contribution in [0.15, 0.2) is 52.6 Å². The number of aromatic nitrogens is 3. The number of benzene rings is 2. The van der Waals surface area contributed by atoms with Crippen LogP contribution in [-0.4, -0.2) is 33.4 Å². The first-order valence-corrected chi connectivity index (χ1v) is 10.7. The molecule has 32 heavy (non-hydrogen) atoms. The minimum absolute atomic E-state index is 0.000177. The molecule has 3 heterocycles. The Bertz CT molecular complexity index is 1410. The van der Waals surface area contributed by atoms with E-state index in [0.717, 1.165) is 5.56 Å². The molecule has 0 fully saturated rings. The number of aromatic amines is 1. The quantitative estimate of drug-likeness (QED) is 0.432. The Morgan fingerprint density at radius 3 is 2.94 bits per heavy atom. The summed E-state index contributed by atoms with van der Waals surface area (Å²) >= 11 is 1.29. The highest BCUT2D eigenvalue weighted by molar-refractivity contribution is 7.14. The average Bonchev–Trinajstić information content (AvgIpc) is 3.25. The van der Waals surface area contributed by atoms with E-state index in [9.17, 15) is 14.4 Å². The minimum Gasteiger partial charge on any atom is -0.482 e. The predicted octanol–water partition coefficient (Wildman–Crippen LogP) is 2.95. The number of nitrogens with one attached hydrogen (secondary N) is 3. The maximum absolute atomic E-state index is 12.4. The standard InChI is InChI=1S/C22H17N5O4S/c28-19(8-6-15-21(30)25-14-4-2-1-3-13(14)23-15)27-22-26-17(11-32-22)12-5-7-18-16(9-12)24-20(29)10-31-18/h1-5,7,9,11H,6,8,10H2,(H,24,29)(H,25,30)(H,26,27,28). The molecule has 0 bridgehead atoms. The molecule has 2 amide bonds. The fraction of sp³-hybridized carbons (Fsp3) is 0.136. The van der Waals surface area contributed by atoms with Gasteiger partial charge in [0.15, 0.2) is 11.7 Å². The molecule has 0 saturated carbocycles. The summed E-state index contributed by atoms with van der Waals surface area (Å²) in [6, 6.07) is 12.7. The molecule has 0 radical (unpaired) electrons. The summed E-state index contributed by atoms with van der Waals surface area (Å²) in [7, 11) is 0. The second kappa shape index (κ2) is 8.23. The average molecular weight is 447 g/mol. The van der Waals surface area contributed by atoms with Crippen LogP contribution in [0.5, 0.6) is 5.75 Å². The molecule has 5 rings (SSSR count). The molecular formula is C22H17N5O4S. The highest BCUT2D eigenvalue weighted by atomic mass is 32.1. The van der Waals surface area contributed by atoms with Crippen LogP contribution < -0.4 is 20.9 Å². The molecule has 1 aliphatic heterocycles. The normalized spacial score (nSPS) is 12.7. The highest BCUT2D eigenvalue weighted by Crippen LogP contribution is 2.33. The zero-order chi connectivity index (χ0) is 22.1. The molecule has 0 aliphatic carbocycles. The van der Waals surface area contributed by atoms with Gasteiger partial charge in [0.05, 0.1) is 22.4 Å². The smallest absolute Gasteiger partial charge is 0.270 e. The lowest BCUT2D eigenvalue weighted by atomic mass is 10.1. The molecule has 0 atom stereocenters. The lowest BCUT2D eigenvalue weighted by molar-refractivity contribution is -0.118. The number of fused-ring (bicyclic) bond motifs is 2. The number of amides is 2. The number of nitrogens with zero attached hydrogens (tertiary/aromatic N) is 2. The van der Waals surface area contributed by atoms with Crippen molar-refractivity contribution in [2.45, 2.75) is 12.8 Å². The largest absolute Gasteiger partial charge is 0.482 e. The van der Waals surface area contributed by atoms with Crippen LogP contribution in [0.25, 0.3) is 22.3 Å². The Labute approximate surface area is 185 Å². The number of H-pyrrole nitrogens is 1. The highest BCUT2D eigenvalue weighted by Gasteiger charge is 2.17. The fourth-order valence-electron chi connectivity index (χ4n) is 3.36. The maximum Gasteiger partial charge on any atom is 0.270 e. The summed E-state index contributed by atoms with van der Waals surface area (Å²) in [6.45, 7) is -0.000177. The number of thiazole rings is 1. The molecule has 4 aromatic rings. The van der Waals surface area contributed by atoms with Gasteiger partial charge in [-0.1, -0.05) is 12.1 Å². The molecular weight excluding hydrogens is 430 g/mol. The van der Waals surface area contributed by atoms with Crippen molar-refractivity contribution < 1.29 is 14.3 Å². The van der Waals surface area contributed by atoms with Crippen LogP contribution in [0.4, 0.5) is 10.8 Å². The summed E-state index contributed by atoms with van der Waals surface area (Å²) in [4.78, 5) is 47.7. The van der Waals surface area contributed by atoms with Gasteiger partial charge in [0.2, 0.25) is 5.91 Å². The van der Waals surface area contributed by atoms with Gasteiger partial charge < -0.3 is 20.4 Å². The van der Waals surface area contributed by atoms with Crippen molar-refractivity contribution in [1.82, 2.24) is 15.0 Å². The van der Waals surface area contributed by atoms with Gasteiger partial charge in [0.1, 0.15) is 11.4 Å². The minimum atomic E-state index is -0.295. The molecule has 9 nitrogen and oxygen atoms in total. The van der Waals surface area contributed by atoms with Crippen molar-refractivity contribution in [3.05, 3.63) is 63.9 Å². The van der Waals surface area contributed by atoms with Gasteiger partial charge in [-0.2, -0.15) is 0 Å². The van der Waals surface area contributed by atoms with Gasteiger partial charge in [0.25, 0.3) is 11.5 Å². The summed E-state index contributed by atoms with van der Waals surface area (Å²) in [5, 5.41) is 7.79. The van der Waals surface area contributed by atoms with E-state index in [1.54, 1.807) is 18.2 Å². The maximum atomic E-state index is 12.4. The first kappa shape index (κ1) is 19.9. The van der Waals surface area contributed by atoms with E-state index in [4.69, 9.17) is 4.74 Å². The third-order valence-corrected chi connectivity index (χ3v) is 5.68. The van der Waals surface area contributed by atoms with Gasteiger partial charge in [-0.3, -0.25) is 14.4 Å². The fourth-order valence-corrected chi connectivity index (χ4v) is 4.09. The number of carbonyl (C=O) groups excluding carboxylic acids is 2. The summed E-state index contributed by atoms with van der Waals surface area (Å²) in [5.41, 5.74) is 3.41. The summed E-state index contributed by atoms with van der Waals surface area (Å²) < 4.78 is 5.36. The number of hydrogen-bond acceptors (Lipinski definition) is 7. The first-order valence-electron chi connectivity index (χ1n) is 9.85. The number of carbonyl (C=O) groups is 2. The van der Waals surface area contributed by atoms with Gasteiger partial charge in [-0.25, -0.2) is 9.97 Å². The zero-order valence-corrected chi connectivity index (χ0v) is 17.5. The van der Waals surface area contributed by atoms with Crippen molar-refractivity contribution in [2.24, 2.45) is 0 Å². The number of hydrogen-bond donors (Lipinski definition) is 3. The van der Waals surface area contributed by atoms with Gasteiger partial charge in [-0.15, -0.1) is 11.3 Å². The van der Waals surface area contributed by atoms with Crippen molar-refractivity contribution in [3.63, 3.8) is 0 Å². The predicted molar refractivity (Wildman–Crippen MR) is 121 cm³/mol. The number of para-hydroxylation sites is 2. The molecule has 1 aliphatic rings. The monoisotopic (exact) mass is 447 g/mol.